The number of benzene rings is 2. The van der Waals surface area contributed by atoms with Crippen LogP contribution in [0.4, 0.5) is 0 Å². The fourth-order valence-corrected chi connectivity index (χ4v) is 4.77. The third-order valence-corrected chi connectivity index (χ3v) is 6.34. The Hall–Kier alpha value is -2.62. The van der Waals surface area contributed by atoms with E-state index in [0.717, 1.165) is 5.56 Å². The van der Waals surface area contributed by atoms with Crippen LogP contribution in [0, 0.1) is 0 Å². The van der Waals surface area contributed by atoms with E-state index in [9.17, 15) is 18.3 Å². The summed E-state index contributed by atoms with van der Waals surface area (Å²) in [5.41, 5.74) is 1.42. The highest BCUT2D eigenvalue weighted by Gasteiger charge is 2.35. The molecular formula is C20H24N2O6S. The van der Waals surface area contributed by atoms with E-state index in [1.807, 2.05) is 30.3 Å². The van der Waals surface area contributed by atoms with Crippen LogP contribution >= 0.6 is 0 Å². The first-order valence-electron chi connectivity index (χ1n) is 9.10. The van der Waals surface area contributed by atoms with Gasteiger partial charge < -0.3 is 19.9 Å². The highest BCUT2D eigenvalue weighted by atomic mass is 32.2. The number of carbonyl (C=O) groups is 1. The van der Waals surface area contributed by atoms with Gasteiger partial charge in [0.25, 0.3) is 0 Å². The average Bonchev–Trinajstić information content (AvgIpc) is 2.72. The van der Waals surface area contributed by atoms with Gasteiger partial charge in [-0.15, -0.1) is 0 Å². The van der Waals surface area contributed by atoms with E-state index >= 15 is 0 Å². The number of sulfonamides is 1. The van der Waals surface area contributed by atoms with Crippen molar-refractivity contribution >= 4 is 15.9 Å². The van der Waals surface area contributed by atoms with E-state index in [1.54, 1.807) is 6.07 Å². The molecule has 3 rings (SSSR count). The molecule has 0 saturated heterocycles. The molecule has 9 heteroatoms. The van der Waals surface area contributed by atoms with Crippen LogP contribution in [0.25, 0.3) is 0 Å². The second-order valence-corrected chi connectivity index (χ2v) is 8.45. The molecule has 0 aliphatic carbocycles. The van der Waals surface area contributed by atoms with E-state index in [-0.39, 0.29) is 17.9 Å². The molecule has 0 spiro atoms. The quantitative estimate of drug-likeness (QED) is 0.605. The van der Waals surface area contributed by atoms with Crippen LogP contribution in [-0.2, 0) is 27.7 Å². The Morgan fingerprint density at radius 1 is 1.21 bits per heavy atom. The Kier molecular flexibility index (Phi) is 6.41. The summed E-state index contributed by atoms with van der Waals surface area (Å²) in [6, 6.07) is 10.9. The van der Waals surface area contributed by atoms with Gasteiger partial charge in [0, 0.05) is 6.07 Å². The molecular weight excluding hydrogens is 396 g/mol. The van der Waals surface area contributed by atoms with Crippen molar-refractivity contribution in [1.82, 2.24) is 10.0 Å². The average molecular weight is 420 g/mol. The number of fused-ring (bicyclic) bond motifs is 1. The summed E-state index contributed by atoms with van der Waals surface area (Å²) >= 11 is 0. The zero-order valence-corrected chi connectivity index (χ0v) is 17.0. The molecule has 2 aromatic rings. The first-order chi connectivity index (χ1) is 13.9. The number of methoxy groups -OCH3 is 2. The van der Waals surface area contributed by atoms with Gasteiger partial charge in [-0.2, -0.15) is 4.72 Å². The number of rotatable bonds is 7. The lowest BCUT2D eigenvalue weighted by Gasteiger charge is -2.27. The van der Waals surface area contributed by atoms with Gasteiger partial charge >= 0.3 is 0 Å². The van der Waals surface area contributed by atoms with Crippen molar-refractivity contribution in [2.75, 3.05) is 20.8 Å². The Bertz CT molecular complexity index is 978. The van der Waals surface area contributed by atoms with Crippen molar-refractivity contribution in [1.29, 1.82) is 0 Å². The van der Waals surface area contributed by atoms with Gasteiger partial charge in [0.1, 0.15) is 6.04 Å². The molecule has 1 amide bonds. The smallest absolute Gasteiger partial charge is 0.241 e. The molecule has 0 fully saturated rings. The number of aliphatic hydroxyl groups is 1. The lowest BCUT2D eigenvalue weighted by molar-refractivity contribution is -0.123. The van der Waals surface area contributed by atoms with E-state index < -0.39 is 28.0 Å². The fourth-order valence-electron chi connectivity index (χ4n) is 3.33. The van der Waals surface area contributed by atoms with Gasteiger partial charge in [0.15, 0.2) is 11.5 Å². The molecule has 0 bridgehead atoms. The molecule has 1 aliphatic heterocycles. The molecule has 3 N–H and O–H groups in total. The Labute approximate surface area is 169 Å². The van der Waals surface area contributed by atoms with E-state index in [2.05, 4.69) is 10.0 Å². The van der Waals surface area contributed by atoms with Crippen LogP contribution in [0.5, 0.6) is 11.5 Å². The number of hydrogen-bond acceptors (Lipinski definition) is 6. The topological polar surface area (TPSA) is 114 Å². The number of aliphatic hydroxyl groups excluding tert-OH is 1. The minimum Gasteiger partial charge on any atom is -0.493 e. The Morgan fingerprint density at radius 2 is 1.86 bits per heavy atom. The number of carbonyl (C=O) groups excluding carboxylic acids is 1. The van der Waals surface area contributed by atoms with Crippen molar-refractivity contribution in [3.8, 4) is 11.5 Å². The third kappa shape index (κ3) is 4.69. The van der Waals surface area contributed by atoms with Crippen molar-refractivity contribution < 1.29 is 27.8 Å². The van der Waals surface area contributed by atoms with Crippen LogP contribution in [0.3, 0.4) is 0 Å². The minimum absolute atomic E-state index is 0.0576. The molecule has 1 heterocycles. The zero-order valence-electron chi connectivity index (χ0n) is 16.2. The number of ether oxygens (including phenoxy) is 2. The summed E-state index contributed by atoms with van der Waals surface area (Å²) in [4.78, 5) is 12.8. The summed E-state index contributed by atoms with van der Waals surface area (Å²) in [5, 5.41) is 12.4. The molecule has 156 valence electrons. The van der Waals surface area contributed by atoms with Crippen molar-refractivity contribution in [3.63, 3.8) is 0 Å². The lowest BCUT2D eigenvalue weighted by atomic mass is 10.0. The van der Waals surface area contributed by atoms with Crippen LogP contribution in [0.1, 0.15) is 11.1 Å². The minimum atomic E-state index is -3.90. The number of nitrogens with one attached hydrogen (secondary N) is 2. The third-order valence-electron chi connectivity index (χ3n) is 4.79. The van der Waals surface area contributed by atoms with Gasteiger partial charge in [-0.25, -0.2) is 8.42 Å². The first-order valence-corrected chi connectivity index (χ1v) is 10.6. The zero-order chi connectivity index (χ0) is 21.0. The monoisotopic (exact) mass is 420 g/mol. The van der Waals surface area contributed by atoms with E-state index in [0.29, 0.717) is 23.5 Å². The molecule has 0 unspecified atom stereocenters. The second kappa shape index (κ2) is 8.81. The largest absolute Gasteiger partial charge is 0.493 e. The molecule has 8 nitrogen and oxygen atoms in total. The highest BCUT2D eigenvalue weighted by molar-refractivity contribution is 7.89. The Morgan fingerprint density at radius 3 is 2.48 bits per heavy atom. The number of amides is 1. The summed E-state index contributed by atoms with van der Waals surface area (Å²) < 4.78 is 38.2. The van der Waals surface area contributed by atoms with Gasteiger partial charge in [-0.1, -0.05) is 30.3 Å². The summed E-state index contributed by atoms with van der Waals surface area (Å²) in [6.07, 6.45) is 0.592. The van der Waals surface area contributed by atoms with E-state index in [1.165, 1.54) is 20.3 Å². The molecule has 1 aliphatic rings. The van der Waals surface area contributed by atoms with Crippen molar-refractivity contribution in [2.24, 2.45) is 0 Å². The molecule has 0 aromatic heterocycles. The second-order valence-electron chi connectivity index (χ2n) is 6.77. The predicted octanol–water partition coefficient (Wildman–Crippen LogP) is 0.627. The summed E-state index contributed by atoms with van der Waals surface area (Å²) in [5.74, 6) is 0.187. The SMILES string of the molecule is COc1cc2c(cc1OC)S(=O)(=O)N[C@H](C(=O)N[C@H](CO)Cc1ccccc1)C2. The van der Waals surface area contributed by atoms with E-state index in [4.69, 9.17) is 9.47 Å². The maximum Gasteiger partial charge on any atom is 0.241 e. The normalized spacial score (nSPS) is 18.4. The molecule has 29 heavy (non-hydrogen) atoms. The highest BCUT2D eigenvalue weighted by Crippen LogP contribution is 2.35. The van der Waals surface area contributed by atoms with Gasteiger partial charge in [-0.3, -0.25) is 4.79 Å². The summed E-state index contributed by atoms with van der Waals surface area (Å²) in [6.45, 7) is -0.262. The predicted molar refractivity (Wildman–Crippen MR) is 107 cm³/mol. The van der Waals surface area contributed by atoms with Crippen molar-refractivity contribution in [3.05, 3.63) is 53.6 Å². The van der Waals surface area contributed by atoms with Gasteiger partial charge in [0.05, 0.1) is 31.8 Å². The molecule has 2 aromatic carbocycles. The standard InChI is InChI=1S/C20H24N2O6S/c1-27-17-10-14-9-16(22-29(25,26)19(14)11-18(17)28-2)20(24)21-15(12-23)8-13-6-4-3-5-7-13/h3-7,10-11,15-16,22-23H,8-9,12H2,1-2H3,(H,21,24)/t15-,16-/m0/s1. The molecule has 2 atom stereocenters. The van der Waals surface area contributed by atoms with Crippen LogP contribution in [0.15, 0.2) is 47.4 Å². The van der Waals surface area contributed by atoms with Crippen molar-refractivity contribution in [2.45, 2.75) is 29.8 Å². The fraction of sp³-hybridized carbons (Fsp3) is 0.350. The number of hydrogen-bond donors (Lipinski definition) is 3. The van der Waals surface area contributed by atoms with Gasteiger partial charge in [-0.05, 0) is 30.0 Å². The Balaban J connectivity index is 1.79. The summed E-state index contributed by atoms with van der Waals surface area (Å²) in [7, 11) is -1.02. The first kappa shape index (κ1) is 21.1. The molecule has 0 radical (unpaired) electrons. The van der Waals surface area contributed by atoms with Crippen LogP contribution in [0.2, 0.25) is 0 Å². The lowest BCUT2D eigenvalue weighted by Crippen LogP contribution is -2.53. The van der Waals surface area contributed by atoms with Gasteiger partial charge in [0.2, 0.25) is 15.9 Å². The van der Waals surface area contributed by atoms with Crippen LogP contribution < -0.4 is 19.5 Å². The maximum absolute atomic E-state index is 12.7. The maximum atomic E-state index is 12.7. The molecule has 0 saturated carbocycles. The van der Waals surface area contributed by atoms with Crippen LogP contribution in [-0.4, -0.2) is 52.3 Å².